The normalized spacial score (nSPS) is 13.1. The fraction of sp³-hybridized carbons (Fsp3) is 0.200. The highest BCUT2D eigenvalue weighted by molar-refractivity contribution is 6.33. The van der Waals surface area contributed by atoms with E-state index in [1.807, 2.05) is 36.4 Å². The lowest BCUT2D eigenvalue weighted by molar-refractivity contribution is 0.102. The van der Waals surface area contributed by atoms with Crippen LogP contribution in [0.5, 0.6) is 11.6 Å². The van der Waals surface area contributed by atoms with Gasteiger partial charge in [0.15, 0.2) is 5.82 Å². The van der Waals surface area contributed by atoms with Gasteiger partial charge < -0.3 is 14.6 Å². The number of benzene rings is 2. The third kappa shape index (κ3) is 4.59. The van der Waals surface area contributed by atoms with Gasteiger partial charge in [0, 0.05) is 30.4 Å². The van der Waals surface area contributed by atoms with Gasteiger partial charge >= 0.3 is 0 Å². The molecule has 0 saturated carbocycles. The van der Waals surface area contributed by atoms with E-state index in [1.165, 1.54) is 6.42 Å². The summed E-state index contributed by atoms with van der Waals surface area (Å²) in [4.78, 5) is 17.3. The number of anilines is 1. The van der Waals surface area contributed by atoms with Crippen LogP contribution in [0.1, 0.15) is 35.4 Å². The van der Waals surface area contributed by atoms with Crippen LogP contribution in [0.4, 0.5) is 5.69 Å². The Morgan fingerprint density at radius 3 is 2.76 bits per heavy atom. The zero-order valence-corrected chi connectivity index (χ0v) is 18.6. The largest absolute Gasteiger partial charge is 0.438 e. The summed E-state index contributed by atoms with van der Waals surface area (Å²) in [6.45, 7) is 0.862. The quantitative estimate of drug-likeness (QED) is 0.410. The van der Waals surface area contributed by atoms with Crippen molar-refractivity contribution in [2.45, 2.75) is 32.2 Å². The predicted molar refractivity (Wildman–Crippen MR) is 127 cm³/mol. The molecule has 0 saturated heterocycles. The van der Waals surface area contributed by atoms with E-state index in [0.29, 0.717) is 22.0 Å². The van der Waals surface area contributed by atoms with Gasteiger partial charge in [0.1, 0.15) is 17.1 Å². The van der Waals surface area contributed by atoms with Crippen LogP contribution in [0.2, 0.25) is 5.02 Å². The van der Waals surface area contributed by atoms with Crippen molar-refractivity contribution in [1.82, 2.24) is 19.7 Å². The van der Waals surface area contributed by atoms with Crippen LogP contribution in [0, 0.1) is 0 Å². The number of ether oxygens (including phenoxy) is 1. The molecule has 0 atom stereocenters. The highest BCUT2D eigenvalue weighted by Gasteiger charge is 2.20. The first-order valence-corrected chi connectivity index (χ1v) is 11.3. The molecule has 0 bridgehead atoms. The average molecular weight is 460 g/mol. The van der Waals surface area contributed by atoms with Crippen molar-refractivity contribution in [2.24, 2.45) is 0 Å². The molecule has 2 aromatic carbocycles. The lowest BCUT2D eigenvalue weighted by atomic mass is 10.1. The second kappa shape index (κ2) is 9.42. The Labute approximate surface area is 196 Å². The second-order valence-corrected chi connectivity index (χ2v) is 8.23. The van der Waals surface area contributed by atoms with Gasteiger partial charge in [-0.05, 0) is 55.3 Å². The highest BCUT2D eigenvalue weighted by atomic mass is 35.5. The van der Waals surface area contributed by atoms with Crippen molar-refractivity contribution in [3.05, 3.63) is 83.3 Å². The fourth-order valence-corrected chi connectivity index (χ4v) is 4.10. The minimum absolute atomic E-state index is 0.234. The van der Waals surface area contributed by atoms with E-state index >= 15 is 0 Å². The first-order valence-electron chi connectivity index (χ1n) is 10.9. The van der Waals surface area contributed by atoms with Gasteiger partial charge in [-0.25, -0.2) is 4.98 Å². The van der Waals surface area contributed by atoms with Crippen molar-refractivity contribution in [1.29, 1.82) is 0 Å². The van der Waals surface area contributed by atoms with Crippen molar-refractivity contribution in [3.63, 3.8) is 0 Å². The first-order chi connectivity index (χ1) is 16.2. The number of carbonyl (C=O) groups excluding carboxylic acids is 1. The Kier molecular flexibility index (Phi) is 6.04. The lowest BCUT2D eigenvalue weighted by Crippen LogP contribution is -2.14. The standard InChI is InChI=1S/C25H22ClN5O2/c26-21-13-12-17(16-20(21)23-30-29-22-11-5-2-6-15-31(22)23)28-24(32)19-10-7-14-27-25(19)33-18-8-3-1-4-9-18/h1,3-4,7-10,12-14,16H,2,5-6,11,15H2,(H,28,32). The molecule has 7 nitrogen and oxygen atoms in total. The third-order valence-electron chi connectivity index (χ3n) is 5.55. The van der Waals surface area contributed by atoms with Crippen molar-refractivity contribution >= 4 is 23.2 Å². The highest BCUT2D eigenvalue weighted by Crippen LogP contribution is 2.32. The zero-order valence-electron chi connectivity index (χ0n) is 17.9. The number of hydrogen-bond acceptors (Lipinski definition) is 5. The second-order valence-electron chi connectivity index (χ2n) is 7.82. The van der Waals surface area contributed by atoms with Gasteiger partial charge in [-0.2, -0.15) is 0 Å². The van der Waals surface area contributed by atoms with E-state index in [9.17, 15) is 4.79 Å². The van der Waals surface area contributed by atoms with Crippen LogP contribution in [0.25, 0.3) is 11.4 Å². The van der Waals surface area contributed by atoms with Gasteiger partial charge in [0.05, 0.1) is 5.02 Å². The van der Waals surface area contributed by atoms with Crippen molar-refractivity contribution in [2.75, 3.05) is 5.32 Å². The molecule has 4 aromatic rings. The Hall–Kier alpha value is -3.71. The number of rotatable bonds is 5. The van der Waals surface area contributed by atoms with Gasteiger partial charge in [0.25, 0.3) is 5.91 Å². The fourth-order valence-electron chi connectivity index (χ4n) is 3.90. The number of nitrogens with one attached hydrogen (secondary N) is 1. The molecule has 33 heavy (non-hydrogen) atoms. The van der Waals surface area contributed by atoms with Crippen LogP contribution in [-0.4, -0.2) is 25.7 Å². The molecule has 8 heteroatoms. The van der Waals surface area contributed by atoms with Crippen molar-refractivity contribution < 1.29 is 9.53 Å². The van der Waals surface area contributed by atoms with Crippen molar-refractivity contribution in [3.8, 4) is 23.0 Å². The summed E-state index contributed by atoms with van der Waals surface area (Å²) in [5.74, 6) is 2.21. The Morgan fingerprint density at radius 1 is 1.00 bits per heavy atom. The molecule has 0 spiro atoms. The van der Waals surface area contributed by atoms with E-state index in [1.54, 1.807) is 30.5 Å². The predicted octanol–water partition coefficient (Wildman–Crippen LogP) is 5.76. The summed E-state index contributed by atoms with van der Waals surface area (Å²) in [5.41, 5.74) is 1.66. The van der Waals surface area contributed by atoms with Crippen LogP contribution in [-0.2, 0) is 13.0 Å². The van der Waals surface area contributed by atoms with E-state index < -0.39 is 0 Å². The summed E-state index contributed by atoms with van der Waals surface area (Å²) in [5, 5.41) is 12.3. The zero-order chi connectivity index (χ0) is 22.6. The van der Waals surface area contributed by atoms with Crippen LogP contribution in [0.3, 0.4) is 0 Å². The molecule has 1 aliphatic heterocycles. The summed E-state index contributed by atoms with van der Waals surface area (Å²) >= 11 is 6.52. The first kappa shape index (κ1) is 21.2. The molecule has 2 aromatic heterocycles. The summed E-state index contributed by atoms with van der Waals surface area (Å²) < 4.78 is 7.96. The molecule has 5 rings (SSSR count). The number of carbonyl (C=O) groups is 1. The van der Waals surface area contributed by atoms with Crippen LogP contribution in [0.15, 0.2) is 66.9 Å². The summed E-state index contributed by atoms with van der Waals surface area (Å²) in [6, 6.07) is 18.0. The summed E-state index contributed by atoms with van der Waals surface area (Å²) in [7, 11) is 0. The number of aryl methyl sites for hydroxylation is 1. The van der Waals surface area contributed by atoms with E-state index in [-0.39, 0.29) is 11.8 Å². The molecule has 0 aliphatic carbocycles. The topological polar surface area (TPSA) is 81.9 Å². The number of halogens is 1. The number of nitrogens with zero attached hydrogens (tertiary/aromatic N) is 4. The number of para-hydroxylation sites is 1. The van der Waals surface area contributed by atoms with Crippen LogP contribution < -0.4 is 10.1 Å². The van der Waals surface area contributed by atoms with Crippen LogP contribution >= 0.6 is 11.6 Å². The Morgan fingerprint density at radius 2 is 1.88 bits per heavy atom. The molecule has 1 aliphatic rings. The van der Waals surface area contributed by atoms with Gasteiger partial charge in [-0.3, -0.25) is 4.79 Å². The SMILES string of the molecule is O=C(Nc1ccc(Cl)c(-c2nnc3n2CCCCC3)c1)c1cccnc1Oc1ccccc1. The Balaban J connectivity index is 1.41. The minimum atomic E-state index is -0.331. The molecule has 1 amide bonds. The smallest absolute Gasteiger partial charge is 0.261 e. The van der Waals surface area contributed by atoms with E-state index in [2.05, 4.69) is 25.1 Å². The van der Waals surface area contributed by atoms with E-state index in [4.69, 9.17) is 16.3 Å². The van der Waals surface area contributed by atoms with E-state index in [0.717, 1.165) is 43.0 Å². The maximum atomic E-state index is 13.1. The minimum Gasteiger partial charge on any atom is -0.438 e. The molecule has 0 fully saturated rings. The molecule has 1 N–H and O–H groups in total. The summed E-state index contributed by atoms with van der Waals surface area (Å²) in [6.07, 6.45) is 5.86. The molecule has 0 radical (unpaired) electrons. The maximum Gasteiger partial charge on any atom is 0.261 e. The lowest BCUT2D eigenvalue weighted by Gasteiger charge is -2.12. The maximum absolute atomic E-state index is 13.1. The molecular formula is C25H22ClN5O2. The number of hydrogen-bond donors (Lipinski definition) is 1. The third-order valence-corrected chi connectivity index (χ3v) is 5.88. The molecule has 3 heterocycles. The van der Waals surface area contributed by atoms with Gasteiger partial charge in [-0.1, -0.05) is 36.2 Å². The average Bonchev–Trinajstić information content (AvgIpc) is 3.08. The Bertz CT molecular complexity index is 1290. The van der Waals surface area contributed by atoms with Gasteiger partial charge in [0.2, 0.25) is 5.88 Å². The molecule has 0 unspecified atom stereocenters. The number of aromatic nitrogens is 4. The number of amides is 1. The molecule has 166 valence electrons. The molecular weight excluding hydrogens is 438 g/mol. The van der Waals surface area contributed by atoms with Gasteiger partial charge in [-0.15, -0.1) is 10.2 Å². The number of pyridine rings is 1. The number of fused-ring (bicyclic) bond motifs is 1. The monoisotopic (exact) mass is 459 g/mol.